The number of hydrogen-bond acceptors (Lipinski definition) is 4. The largest absolute Gasteiger partial charge is 0.368 e. The summed E-state index contributed by atoms with van der Waals surface area (Å²) < 4.78 is 0. The lowest BCUT2D eigenvalue weighted by atomic mass is 10.5. The molecule has 1 saturated carbocycles. The maximum absolute atomic E-state index is 5.39. The predicted molar refractivity (Wildman–Crippen MR) is 43.1 cm³/mol. The van der Waals surface area contributed by atoms with Crippen LogP contribution in [0.4, 0.5) is 11.8 Å². The number of nitrogens with two attached hydrogens (primary N) is 1. The summed E-state index contributed by atoms with van der Waals surface area (Å²) in [6, 6.07) is 2.44. The average molecular weight is 150 g/mol. The second-order valence-electron chi connectivity index (χ2n) is 2.72. The lowest BCUT2D eigenvalue weighted by Crippen LogP contribution is -2.04. The van der Waals surface area contributed by atoms with E-state index >= 15 is 0 Å². The molecule has 0 amide bonds. The molecule has 4 heteroatoms. The van der Waals surface area contributed by atoms with Crippen molar-refractivity contribution in [2.45, 2.75) is 18.9 Å². The van der Waals surface area contributed by atoms with Gasteiger partial charge in [0.2, 0.25) is 5.95 Å². The van der Waals surface area contributed by atoms with Crippen LogP contribution in [0.5, 0.6) is 0 Å². The standard InChI is InChI=1S/C7H10N4/c8-7-9-4-3-6(11-7)10-5-1-2-5/h3-5H,1-2H2,(H3,8,9,10,11). The Bertz CT molecular complexity index is 256. The molecule has 1 aromatic heterocycles. The van der Waals surface area contributed by atoms with Gasteiger partial charge < -0.3 is 11.1 Å². The summed E-state index contributed by atoms with van der Waals surface area (Å²) in [6.45, 7) is 0. The van der Waals surface area contributed by atoms with Gasteiger partial charge in [0.1, 0.15) is 5.82 Å². The van der Waals surface area contributed by atoms with Gasteiger partial charge in [0, 0.05) is 12.2 Å². The third-order valence-electron chi connectivity index (χ3n) is 1.60. The summed E-state index contributed by atoms with van der Waals surface area (Å²) in [5, 5.41) is 3.23. The highest BCUT2D eigenvalue weighted by Gasteiger charge is 2.21. The van der Waals surface area contributed by atoms with Crippen molar-refractivity contribution in [2.24, 2.45) is 0 Å². The smallest absolute Gasteiger partial charge is 0.221 e. The van der Waals surface area contributed by atoms with Crippen molar-refractivity contribution in [3.63, 3.8) is 0 Å². The maximum Gasteiger partial charge on any atom is 0.221 e. The van der Waals surface area contributed by atoms with Gasteiger partial charge in [0.15, 0.2) is 0 Å². The van der Waals surface area contributed by atoms with Crippen LogP contribution < -0.4 is 11.1 Å². The van der Waals surface area contributed by atoms with E-state index < -0.39 is 0 Å². The Morgan fingerprint density at radius 2 is 2.36 bits per heavy atom. The Hall–Kier alpha value is -1.32. The molecule has 0 bridgehead atoms. The lowest BCUT2D eigenvalue weighted by Gasteiger charge is -2.01. The van der Waals surface area contributed by atoms with E-state index in [-0.39, 0.29) is 0 Å². The van der Waals surface area contributed by atoms with Crippen molar-refractivity contribution in [3.05, 3.63) is 12.3 Å². The molecule has 0 saturated heterocycles. The van der Waals surface area contributed by atoms with Crippen molar-refractivity contribution >= 4 is 11.8 Å². The van der Waals surface area contributed by atoms with E-state index in [1.165, 1.54) is 12.8 Å². The fourth-order valence-corrected chi connectivity index (χ4v) is 0.891. The first kappa shape index (κ1) is 6.39. The number of hydrogen-bond donors (Lipinski definition) is 2. The van der Waals surface area contributed by atoms with E-state index in [1.54, 1.807) is 6.20 Å². The summed E-state index contributed by atoms with van der Waals surface area (Å²) in [7, 11) is 0. The fraction of sp³-hybridized carbons (Fsp3) is 0.429. The maximum atomic E-state index is 5.39. The highest BCUT2D eigenvalue weighted by molar-refractivity contribution is 5.39. The molecule has 1 aliphatic carbocycles. The molecular formula is C7H10N4. The van der Waals surface area contributed by atoms with Gasteiger partial charge in [-0.05, 0) is 18.9 Å². The molecule has 0 spiro atoms. The van der Waals surface area contributed by atoms with Crippen LogP contribution in [0.15, 0.2) is 12.3 Å². The zero-order valence-corrected chi connectivity index (χ0v) is 6.12. The highest BCUT2D eigenvalue weighted by Crippen LogP contribution is 2.23. The first-order valence-corrected chi connectivity index (χ1v) is 3.69. The minimum Gasteiger partial charge on any atom is -0.368 e. The Morgan fingerprint density at radius 3 is 3.00 bits per heavy atom. The molecule has 1 heterocycles. The predicted octanol–water partition coefficient (Wildman–Crippen LogP) is 0.633. The SMILES string of the molecule is Nc1nccc(NC2CC2)n1. The van der Waals surface area contributed by atoms with Crippen LogP contribution in [0.1, 0.15) is 12.8 Å². The number of nitrogens with zero attached hydrogens (tertiary/aromatic N) is 2. The summed E-state index contributed by atoms with van der Waals surface area (Å²) in [6.07, 6.45) is 4.14. The molecule has 1 aromatic rings. The van der Waals surface area contributed by atoms with Crippen LogP contribution in [0.25, 0.3) is 0 Å². The molecular weight excluding hydrogens is 140 g/mol. The van der Waals surface area contributed by atoms with Crippen LogP contribution >= 0.6 is 0 Å². The molecule has 0 aromatic carbocycles. The summed E-state index contributed by atoms with van der Waals surface area (Å²) >= 11 is 0. The van der Waals surface area contributed by atoms with Crippen molar-refractivity contribution < 1.29 is 0 Å². The summed E-state index contributed by atoms with van der Waals surface area (Å²) in [4.78, 5) is 7.80. The van der Waals surface area contributed by atoms with Crippen molar-refractivity contribution in [1.29, 1.82) is 0 Å². The van der Waals surface area contributed by atoms with Crippen LogP contribution in [-0.4, -0.2) is 16.0 Å². The average Bonchev–Trinajstić information content (AvgIpc) is 2.71. The second kappa shape index (κ2) is 2.38. The topological polar surface area (TPSA) is 63.8 Å². The van der Waals surface area contributed by atoms with E-state index in [1.807, 2.05) is 6.07 Å². The third kappa shape index (κ3) is 1.58. The summed E-state index contributed by atoms with van der Waals surface area (Å²) in [5.74, 6) is 1.16. The van der Waals surface area contributed by atoms with Gasteiger partial charge in [-0.25, -0.2) is 4.98 Å². The molecule has 11 heavy (non-hydrogen) atoms. The van der Waals surface area contributed by atoms with Crippen molar-refractivity contribution in [1.82, 2.24) is 9.97 Å². The molecule has 0 aliphatic heterocycles. The van der Waals surface area contributed by atoms with Gasteiger partial charge in [0.05, 0.1) is 0 Å². The number of rotatable bonds is 2. The third-order valence-corrected chi connectivity index (χ3v) is 1.60. The zero-order chi connectivity index (χ0) is 7.68. The number of aromatic nitrogens is 2. The molecule has 1 fully saturated rings. The van der Waals surface area contributed by atoms with Gasteiger partial charge >= 0.3 is 0 Å². The van der Waals surface area contributed by atoms with E-state index in [4.69, 9.17) is 5.73 Å². The normalized spacial score (nSPS) is 16.4. The number of nitrogens with one attached hydrogen (secondary N) is 1. The Morgan fingerprint density at radius 1 is 1.55 bits per heavy atom. The van der Waals surface area contributed by atoms with Crippen LogP contribution in [0, 0.1) is 0 Å². The number of nitrogen functional groups attached to an aromatic ring is 1. The Kier molecular flexibility index (Phi) is 1.38. The molecule has 3 N–H and O–H groups in total. The van der Waals surface area contributed by atoms with Gasteiger partial charge in [-0.1, -0.05) is 0 Å². The van der Waals surface area contributed by atoms with Gasteiger partial charge in [-0.2, -0.15) is 4.98 Å². The van der Waals surface area contributed by atoms with E-state index in [9.17, 15) is 0 Å². The minimum atomic E-state index is 0.329. The first-order chi connectivity index (χ1) is 5.34. The molecule has 0 atom stereocenters. The lowest BCUT2D eigenvalue weighted by molar-refractivity contribution is 1.09. The van der Waals surface area contributed by atoms with Crippen LogP contribution in [0.3, 0.4) is 0 Å². The Balaban J connectivity index is 2.10. The van der Waals surface area contributed by atoms with Crippen LogP contribution in [-0.2, 0) is 0 Å². The molecule has 58 valence electrons. The molecule has 0 radical (unpaired) electrons. The first-order valence-electron chi connectivity index (χ1n) is 3.69. The minimum absolute atomic E-state index is 0.329. The summed E-state index contributed by atoms with van der Waals surface area (Å²) in [5.41, 5.74) is 5.39. The highest BCUT2D eigenvalue weighted by atomic mass is 15.1. The van der Waals surface area contributed by atoms with E-state index in [0.717, 1.165) is 5.82 Å². The molecule has 2 rings (SSSR count). The van der Waals surface area contributed by atoms with E-state index in [0.29, 0.717) is 12.0 Å². The van der Waals surface area contributed by atoms with Crippen molar-refractivity contribution in [3.8, 4) is 0 Å². The molecule has 0 unspecified atom stereocenters. The molecule has 4 nitrogen and oxygen atoms in total. The van der Waals surface area contributed by atoms with E-state index in [2.05, 4.69) is 15.3 Å². The number of anilines is 2. The van der Waals surface area contributed by atoms with Gasteiger partial charge in [0.25, 0.3) is 0 Å². The van der Waals surface area contributed by atoms with Crippen LogP contribution in [0.2, 0.25) is 0 Å². The van der Waals surface area contributed by atoms with Gasteiger partial charge in [-0.15, -0.1) is 0 Å². The fourth-order valence-electron chi connectivity index (χ4n) is 0.891. The monoisotopic (exact) mass is 150 g/mol. The quantitative estimate of drug-likeness (QED) is 0.649. The Labute approximate surface area is 64.8 Å². The van der Waals surface area contributed by atoms with Gasteiger partial charge in [-0.3, -0.25) is 0 Å². The second-order valence-corrected chi connectivity index (χ2v) is 2.72. The molecule has 1 aliphatic rings. The zero-order valence-electron chi connectivity index (χ0n) is 6.12. The van der Waals surface area contributed by atoms with Crippen molar-refractivity contribution in [2.75, 3.05) is 11.1 Å².